The van der Waals surface area contributed by atoms with E-state index in [1.807, 2.05) is 57.2 Å². The predicted octanol–water partition coefficient (Wildman–Crippen LogP) is -0.324. The zero-order valence-corrected chi connectivity index (χ0v) is 23.5. The largest absolute Gasteiger partial charge is 1.00 e. The van der Waals surface area contributed by atoms with E-state index in [1.165, 1.54) is 6.33 Å². The molecule has 3 aromatic rings. The number of Topliss-reactive ketones (excluding diaryl/α,β-unsaturated/α-hetero) is 1. The van der Waals surface area contributed by atoms with Crippen LogP contribution < -0.4 is 35.0 Å². The number of carbonyl (C=O) groups excluding carboxylic acids is 2. The van der Waals surface area contributed by atoms with Gasteiger partial charge in [-0.1, -0.05) is 68.7 Å². The molecule has 2 aromatic carbocycles. The van der Waals surface area contributed by atoms with Crippen LogP contribution in [0, 0.1) is 5.92 Å². The summed E-state index contributed by atoms with van der Waals surface area (Å²) in [6.07, 6.45) is 4.06. The van der Waals surface area contributed by atoms with Crippen molar-refractivity contribution in [1.29, 1.82) is 0 Å². The number of nitrogens with two attached hydrogens (primary N) is 1. The Labute approximate surface area is 245 Å². The first kappa shape index (κ1) is 30.5. The van der Waals surface area contributed by atoms with E-state index >= 15 is 0 Å². The van der Waals surface area contributed by atoms with Gasteiger partial charge in [-0.15, -0.1) is 12.2 Å². The Hall–Kier alpha value is -3.03. The average Bonchev–Trinajstić information content (AvgIpc) is 3.58. The Bertz CT molecular complexity index is 1380. The first-order valence-electron chi connectivity index (χ1n) is 12.7. The Morgan fingerprint density at radius 3 is 2.59 bits per heavy atom. The topological polar surface area (TPSA) is 146 Å². The van der Waals surface area contributed by atoms with Crippen molar-refractivity contribution in [2.24, 2.45) is 16.8 Å². The molecule has 0 bridgehead atoms. The van der Waals surface area contributed by atoms with Crippen LogP contribution in [0.4, 0.5) is 0 Å². The molecule has 39 heavy (non-hydrogen) atoms. The van der Waals surface area contributed by atoms with E-state index in [-0.39, 0.29) is 49.1 Å². The Morgan fingerprint density at radius 1 is 1.26 bits per heavy atom. The minimum absolute atomic E-state index is 0. The molecule has 0 saturated carbocycles. The number of imidazole rings is 1. The molecule has 0 fully saturated rings. The first-order valence-corrected chi connectivity index (χ1v) is 13.1. The number of hydrogen-bond acceptors (Lipinski definition) is 8. The quantitative estimate of drug-likeness (QED) is 0.223. The molecular weight excluding hydrogens is 509 g/mol. The van der Waals surface area contributed by atoms with Crippen LogP contribution in [0.1, 0.15) is 51.3 Å². The second kappa shape index (κ2) is 12.4. The third kappa shape index (κ3) is 5.94. The van der Waals surface area contributed by atoms with Crippen molar-refractivity contribution < 1.29 is 38.4 Å². The van der Waals surface area contributed by atoms with Gasteiger partial charge in [0.15, 0.2) is 5.78 Å². The van der Waals surface area contributed by atoms with Gasteiger partial charge in [0.1, 0.15) is 5.54 Å². The fourth-order valence-electron chi connectivity index (χ4n) is 4.83. The van der Waals surface area contributed by atoms with E-state index in [4.69, 9.17) is 22.8 Å². The summed E-state index contributed by atoms with van der Waals surface area (Å²) in [5, 5.41) is 20.5. The van der Waals surface area contributed by atoms with Gasteiger partial charge in [-0.05, 0) is 34.2 Å². The fraction of sp³-hybridized carbons (Fsp3) is 0.393. The molecule has 1 aromatic heterocycles. The number of nitrogens with one attached hydrogen (secondary N) is 2. The molecule has 200 valence electrons. The maximum atomic E-state index is 13.9. The van der Waals surface area contributed by atoms with E-state index in [1.54, 1.807) is 12.3 Å². The number of amides is 1. The number of oxime groups is 1. The molecule has 0 aliphatic carbocycles. The van der Waals surface area contributed by atoms with Crippen molar-refractivity contribution in [1.82, 2.24) is 15.3 Å². The van der Waals surface area contributed by atoms with Crippen LogP contribution in [0.5, 0.6) is 0 Å². The average molecular weight is 542 g/mol. The summed E-state index contributed by atoms with van der Waals surface area (Å²) in [4.78, 5) is 40.3. The number of rotatable bonds is 11. The summed E-state index contributed by atoms with van der Waals surface area (Å²) in [6.45, 7) is 5.56. The smallest absolute Gasteiger partial charge is 0.866 e. The molecule has 9 nitrogen and oxygen atoms in total. The molecule has 0 spiro atoms. The van der Waals surface area contributed by atoms with Crippen molar-refractivity contribution in [2.75, 3.05) is 0 Å². The van der Waals surface area contributed by atoms with Gasteiger partial charge in [-0.3, -0.25) is 9.59 Å². The van der Waals surface area contributed by atoms with Crippen molar-refractivity contribution in [3.05, 3.63) is 66.2 Å². The zero-order chi connectivity index (χ0) is 27.5. The van der Waals surface area contributed by atoms with Gasteiger partial charge in [-0.25, -0.2) is 4.98 Å². The molecule has 1 aliphatic heterocycles. The van der Waals surface area contributed by atoms with Crippen molar-refractivity contribution in [3.63, 3.8) is 0 Å². The molecule has 1 amide bonds. The van der Waals surface area contributed by atoms with Crippen LogP contribution in [0.2, 0.25) is 0 Å². The van der Waals surface area contributed by atoms with E-state index in [2.05, 4.69) is 20.4 Å². The minimum atomic E-state index is -1.64. The third-order valence-corrected chi connectivity index (χ3v) is 7.52. The van der Waals surface area contributed by atoms with Crippen molar-refractivity contribution >= 4 is 45.4 Å². The monoisotopic (exact) mass is 541 g/mol. The zero-order valence-electron chi connectivity index (χ0n) is 22.7. The number of H-pyrrole nitrogens is 1. The summed E-state index contributed by atoms with van der Waals surface area (Å²) in [5.74, 6) is -1.19. The SMILES string of the molecule is CCC[C@H](NC(=O)C1(c2ccc3ccccc3c2)CC([C@](N)(C(=O)Cc2cnc[nH]2)C(C)C)=NO1)C([O-])=S.[Li+]. The van der Waals surface area contributed by atoms with Gasteiger partial charge in [-0.2, -0.15) is 0 Å². The van der Waals surface area contributed by atoms with Crippen molar-refractivity contribution in [2.45, 2.75) is 63.6 Å². The second-order valence-corrected chi connectivity index (χ2v) is 10.4. The molecule has 4 N–H and O–H groups in total. The van der Waals surface area contributed by atoms with E-state index < -0.39 is 28.1 Å². The van der Waals surface area contributed by atoms with Crippen LogP contribution in [0.25, 0.3) is 10.8 Å². The maximum absolute atomic E-state index is 13.9. The maximum Gasteiger partial charge on any atom is 1.00 e. The van der Waals surface area contributed by atoms with E-state index in [9.17, 15) is 14.7 Å². The Kier molecular flexibility index (Phi) is 9.72. The summed E-state index contributed by atoms with van der Waals surface area (Å²) in [5.41, 5.74) is 5.08. The number of hydrogen-bond donors (Lipinski definition) is 3. The number of nitrogens with zero attached hydrogens (tertiary/aromatic N) is 2. The van der Waals surface area contributed by atoms with Gasteiger partial charge >= 0.3 is 18.9 Å². The molecule has 0 radical (unpaired) electrons. The summed E-state index contributed by atoms with van der Waals surface area (Å²) in [7, 11) is 0. The van der Waals surface area contributed by atoms with Gasteiger partial charge in [0.2, 0.25) is 5.60 Å². The molecule has 1 aliphatic rings. The van der Waals surface area contributed by atoms with Gasteiger partial charge in [0.05, 0.1) is 24.5 Å². The third-order valence-electron chi connectivity index (χ3n) is 7.23. The minimum Gasteiger partial charge on any atom is -0.866 e. The number of aromatic amines is 1. The molecule has 0 saturated heterocycles. The second-order valence-electron chi connectivity index (χ2n) is 10.0. The van der Waals surface area contributed by atoms with Crippen LogP contribution in [0.15, 0.2) is 60.1 Å². The van der Waals surface area contributed by atoms with Crippen LogP contribution in [0.3, 0.4) is 0 Å². The van der Waals surface area contributed by atoms with Gasteiger partial charge < -0.3 is 26.0 Å². The molecule has 1 unspecified atom stereocenters. The Morgan fingerprint density at radius 2 is 1.97 bits per heavy atom. The van der Waals surface area contributed by atoms with E-state index in [0.717, 1.165) is 10.8 Å². The van der Waals surface area contributed by atoms with Crippen molar-refractivity contribution in [3.8, 4) is 0 Å². The number of benzene rings is 2. The molecule has 2 heterocycles. The van der Waals surface area contributed by atoms with Gasteiger partial charge in [0, 0.05) is 23.9 Å². The fourth-order valence-corrected chi connectivity index (χ4v) is 5.01. The number of fused-ring (bicyclic) bond motifs is 1. The van der Waals surface area contributed by atoms with Gasteiger partial charge in [0.25, 0.3) is 5.91 Å². The van der Waals surface area contributed by atoms with Crippen LogP contribution in [-0.4, -0.2) is 44.0 Å². The van der Waals surface area contributed by atoms with Crippen LogP contribution >= 0.6 is 12.2 Å². The number of thiocarbonyl (C=S) groups is 1. The first-order chi connectivity index (χ1) is 18.1. The number of aromatic nitrogens is 2. The standard InChI is InChI=1S/C28H33N5O4S.Li/c1-4-7-22(25(35)38)32-26(36)27(20-11-10-18-8-5-6-9-19(18)12-20)14-23(33-37-27)28(29,17(2)3)24(34)13-21-15-30-16-31-21;/h5-6,8-12,15-17,22H,4,7,13-14,29H2,1-3H3,(H,30,31)(H,32,36)(H,35,38);/q;+1/p-1/t22-,27?,28-;/m0./s1. The summed E-state index contributed by atoms with van der Waals surface area (Å²) >= 11 is 4.88. The molecule has 3 atom stereocenters. The predicted molar refractivity (Wildman–Crippen MR) is 147 cm³/mol. The summed E-state index contributed by atoms with van der Waals surface area (Å²) < 4.78 is 0. The molecule has 11 heteroatoms. The normalized spacial score (nSPS) is 18.9. The van der Waals surface area contributed by atoms with E-state index in [0.29, 0.717) is 24.1 Å². The molecule has 4 rings (SSSR count). The summed E-state index contributed by atoms with van der Waals surface area (Å²) in [6, 6.07) is 12.4. The Balaban J connectivity index is 0.00000420. The number of carbonyl (C=O) groups is 2. The molecular formula is C28H32LiN5O4S. The van der Waals surface area contributed by atoms with Crippen LogP contribution in [-0.2, 0) is 26.4 Å². The number of ketones is 1.